The lowest BCUT2D eigenvalue weighted by atomic mass is 10.2. The third-order valence-corrected chi connectivity index (χ3v) is 2.86. The molecule has 0 saturated carbocycles. The number of hydrogen-bond acceptors (Lipinski definition) is 1. The van der Waals surface area contributed by atoms with Crippen molar-refractivity contribution >= 4 is 24.0 Å². The highest BCUT2D eigenvalue weighted by Crippen LogP contribution is 2.13. The summed E-state index contributed by atoms with van der Waals surface area (Å²) in [5.74, 6) is 6.19. The van der Waals surface area contributed by atoms with E-state index in [2.05, 4.69) is 17.2 Å². The van der Waals surface area contributed by atoms with Gasteiger partial charge in [0, 0.05) is 17.1 Å². The van der Waals surface area contributed by atoms with Crippen LogP contribution in [0.1, 0.15) is 11.1 Å². The van der Waals surface area contributed by atoms with Gasteiger partial charge in [0.2, 0.25) is 0 Å². The van der Waals surface area contributed by atoms with Gasteiger partial charge in [-0.3, -0.25) is 0 Å². The normalized spacial score (nSPS) is 9.11. The van der Waals surface area contributed by atoms with Crippen LogP contribution in [0, 0.1) is 11.8 Å². The zero-order valence-electron chi connectivity index (χ0n) is 10.4. The van der Waals surface area contributed by atoms with Gasteiger partial charge < -0.3 is 5.32 Å². The molecule has 0 atom stereocenters. The molecule has 0 spiro atoms. The Labute approximate surface area is 125 Å². The predicted molar refractivity (Wildman–Crippen MR) is 83.7 cm³/mol. The van der Waals surface area contributed by atoms with Crippen LogP contribution in [0.4, 0.5) is 0 Å². The largest absolute Gasteiger partial charge is 0.302 e. The van der Waals surface area contributed by atoms with E-state index >= 15 is 0 Å². The fourth-order valence-electron chi connectivity index (χ4n) is 1.57. The van der Waals surface area contributed by atoms with Gasteiger partial charge in [-0.15, -0.1) is 12.4 Å². The molecule has 2 aromatic carbocycles. The maximum atomic E-state index is 6.06. The van der Waals surface area contributed by atoms with E-state index in [1.807, 2.05) is 54.6 Å². The van der Waals surface area contributed by atoms with Gasteiger partial charge in [0.15, 0.2) is 0 Å². The SMILES string of the molecule is Cl.Clc1ccccc1CNCC#Cc1ccccc1. The molecule has 1 nitrogen and oxygen atoms in total. The molecule has 98 valence electrons. The third-order valence-electron chi connectivity index (χ3n) is 2.49. The van der Waals surface area contributed by atoms with Crippen molar-refractivity contribution in [3.05, 3.63) is 70.7 Å². The van der Waals surface area contributed by atoms with E-state index in [1.54, 1.807) is 0 Å². The van der Waals surface area contributed by atoms with Gasteiger partial charge in [-0.1, -0.05) is 59.8 Å². The van der Waals surface area contributed by atoms with Crippen molar-refractivity contribution in [3.8, 4) is 11.8 Å². The third kappa shape index (κ3) is 5.36. The average molecular weight is 292 g/mol. The summed E-state index contributed by atoms with van der Waals surface area (Å²) in [5.41, 5.74) is 2.14. The van der Waals surface area contributed by atoms with Gasteiger partial charge in [-0.05, 0) is 23.8 Å². The van der Waals surface area contributed by atoms with E-state index in [1.165, 1.54) is 0 Å². The molecule has 2 rings (SSSR count). The Balaban J connectivity index is 0.00000180. The van der Waals surface area contributed by atoms with Crippen molar-refractivity contribution in [2.75, 3.05) is 6.54 Å². The van der Waals surface area contributed by atoms with E-state index in [-0.39, 0.29) is 12.4 Å². The minimum Gasteiger partial charge on any atom is -0.302 e. The smallest absolute Gasteiger partial charge is 0.0582 e. The molecule has 1 N–H and O–H groups in total. The number of hydrogen-bond donors (Lipinski definition) is 1. The van der Waals surface area contributed by atoms with Crippen LogP contribution >= 0.6 is 24.0 Å². The van der Waals surface area contributed by atoms with Crippen LogP contribution in [-0.4, -0.2) is 6.54 Å². The van der Waals surface area contributed by atoms with Crippen molar-refractivity contribution in [1.29, 1.82) is 0 Å². The van der Waals surface area contributed by atoms with Crippen molar-refractivity contribution in [2.24, 2.45) is 0 Å². The Kier molecular flexibility index (Phi) is 7.07. The highest BCUT2D eigenvalue weighted by Gasteiger charge is 1.96. The number of benzene rings is 2. The Morgan fingerprint density at radius 1 is 0.947 bits per heavy atom. The van der Waals surface area contributed by atoms with Crippen molar-refractivity contribution in [2.45, 2.75) is 6.54 Å². The van der Waals surface area contributed by atoms with Crippen molar-refractivity contribution in [3.63, 3.8) is 0 Å². The molecule has 0 saturated heterocycles. The highest BCUT2D eigenvalue weighted by molar-refractivity contribution is 6.31. The first-order valence-electron chi connectivity index (χ1n) is 5.84. The summed E-state index contributed by atoms with van der Waals surface area (Å²) in [6.07, 6.45) is 0. The number of nitrogens with one attached hydrogen (secondary N) is 1. The molecule has 19 heavy (non-hydrogen) atoms. The second kappa shape index (κ2) is 8.61. The van der Waals surface area contributed by atoms with Gasteiger partial charge in [-0.2, -0.15) is 0 Å². The maximum absolute atomic E-state index is 6.06. The summed E-state index contributed by atoms with van der Waals surface area (Å²) in [5, 5.41) is 4.05. The lowest BCUT2D eigenvalue weighted by Crippen LogP contribution is -2.13. The van der Waals surface area contributed by atoms with Crippen LogP contribution in [0.5, 0.6) is 0 Å². The van der Waals surface area contributed by atoms with Gasteiger partial charge >= 0.3 is 0 Å². The predicted octanol–water partition coefficient (Wildman–Crippen LogP) is 3.90. The lowest BCUT2D eigenvalue weighted by molar-refractivity contribution is 0.770. The van der Waals surface area contributed by atoms with Crippen molar-refractivity contribution < 1.29 is 0 Å². The van der Waals surface area contributed by atoms with E-state index in [9.17, 15) is 0 Å². The topological polar surface area (TPSA) is 12.0 Å². The molecule has 0 unspecified atom stereocenters. The molecule has 0 bridgehead atoms. The Bertz CT molecular complexity index is 556. The minimum atomic E-state index is 0. The van der Waals surface area contributed by atoms with E-state index in [0.717, 1.165) is 22.7 Å². The first kappa shape index (κ1) is 15.6. The van der Waals surface area contributed by atoms with Crippen LogP contribution < -0.4 is 5.32 Å². The molecule has 0 aromatic heterocycles. The summed E-state index contributed by atoms with van der Waals surface area (Å²) in [4.78, 5) is 0. The van der Waals surface area contributed by atoms with Gasteiger partial charge in [0.25, 0.3) is 0 Å². The van der Waals surface area contributed by atoms with Crippen molar-refractivity contribution in [1.82, 2.24) is 5.32 Å². The fourth-order valence-corrected chi connectivity index (χ4v) is 1.77. The van der Waals surface area contributed by atoms with Crippen LogP contribution in [-0.2, 0) is 6.54 Å². The minimum absolute atomic E-state index is 0. The molecular weight excluding hydrogens is 277 g/mol. The second-order valence-electron chi connectivity index (χ2n) is 3.86. The molecule has 3 heteroatoms. The van der Waals surface area contributed by atoms with Gasteiger partial charge in [0.05, 0.1) is 6.54 Å². The Hall–Kier alpha value is -1.46. The Morgan fingerprint density at radius 2 is 1.63 bits per heavy atom. The molecule has 0 amide bonds. The van der Waals surface area contributed by atoms with Crippen LogP contribution in [0.3, 0.4) is 0 Å². The second-order valence-corrected chi connectivity index (χ2v) is 4.27. The molecule has 0 fully saturated rings. The fraction of sp³-hybridized carbons (Fsp3) is 0.125. The lowest BCUT2D eigenvalue weighted by Gasteiger charge is -2.02. The van der Waals surface area contributed by atoms with E-state index in [0.29, 0.717) is 6.54 Å². The standard InChI is InChI=1S/C16H14ClN.ClH/c17-16-11-5-4-10-15(16)13-18-12-6-9-14-7-2-1-3-8-14;/h1-5,7-8,10-11,18H,12-13H2;1H. The summed E-state index contributed by atoms with van der Waals surface area (Å²) in [6.45, 7) is 1.39. The first-order chi connectivity index (χ1) is 8.86. The summed E-state index contributed by atoms with van der Waals surface area (Å²) < 4.78 is 0. The van der Waals surface area contributed by atoms with E-state index in [4.69, 9.17) is 11.6 Å². The first-order valence-corrected chi connectivity index (χ1v) is 6.22. The molecule has 0 aliphatic rings. The molecular formula is C16H15Cl2N. The van der Waals surface area contributed by atoms with Gasteiger partial charge in [0.1, 0.15) is 0 Å². The quantitative estimate of drug-likeness (QED) is 0.668. The molecule has 0 heterocycles. The highest BCUT2D eigenvalue weighted by atomic mass is 35.5. The summed E-state index contributed by atoms with van der Waals surface area (Å²) >= 11 is 6.06. The van der Waals surface area contributed by atoms with Crippen LogP contribution in [0.2, 0.25) is 5.02 Å². The zero-order chi connectivity index (χ0) is 12.6. The van der Waals surface area contributed by atoms with Crippen LogP contribution in [0.25, 0.3) is 0 Å². The zero-order valence-corrected chi connectivity index (χ0v) is 12.0. The molecule has 0 radical (unpaired) electrons. The molecule has 0 aliphatic carbocycles. The molecule has 0 aliphatic heterocycles. The average Bonchev–Trinajstić information content (AvgIpc) is 2.42. The summed E-state index contributed by atoms with van der Waals surface area (Å²) in [7, 11) is 0. The van der Waals surface area contributed by atoms with Gasteiger partial charge in [-0.25, -0.2) is 0 Å². The summed E-state index contributed by atoms with van der Waals surface area (Å²) in [6, 6.07) is 17.8. The Morgan fingerprint density at radius 3 is 2.37 bits per heavy atom. The van der Waals surface area contributed by atoms with Crippen LogP contribution in [0.15, 0.2) is 54.6 Å². The monoisotopic (exact) mass is 291 g/mol. The number of halogens is 2. The van der Waals surface area contributed by atoms with E-state index < -0.39 is 0 Å². The maximum Gasteiger partial charge on any atom is 0.0582 e. The number of rotatable bonds is 3. The molecule has 2 aromatic rings.